The number of amides is 1. The molecule has 0 aliphatic heterocycles. The van der Waals surface area contributed by atoms with Crippen LogP contribution in [-0.4, -0.2) is 48.2 Å². The van der Waals surface area contributed by atoms with E-state index in [1.165, 1.54) is 0 Å². The zero-order chi connectivity index (χ0) is 19.7. The van der Waals surface area contributed by atoms with E-state index in [1.807, 2.05) is 13.0 Å². The van der Waals surface area contributed by atoms with Crippen LogP contribution in [0.2, 0.25) is 0 Å². The minimum atomic E-state index is -1.28. The molecule has 1 aromatic rings. The third-order valence-electron chi connectivity index (χ3n) is 3.34. The third kappa shape index (κ3) is 7.84. The largest absolute Gasteiger partial charge is 0.479 e. The minimum Gasteiger partial charge on any atom is -0.479 e. The molecule has 146 valence electrons. The van der Waals surface area contributed by atoms with Crippen LogP contribution in [0.25, 0.3) is 0 Å². The molecule has 0 aliphatic carbocycles. The first-order chi connectivity index (χ1) is 12.1. The maximum Gasteiger partial charge on any atom is 0.408 e. The van der Waals surface area contributed by atoms with Gasteiger partial charge in [-0.25, -0.2) is 9.59 Å². The summed E-state index contributed by atoms with van der Waals surface area (Å²) in [7, 11) is 0. The predicted molar refractivity (Wildman–Crippen MR) is 97.0 cm³/mol. The molecule has 0 saturated heterocycles. The van der Waals surface area contributed by atoms with E-state index in [0.29, 0.717) is 12.2 Å². The highest BCUT2D eigenvalue weighted by Gasteiger charge is 2.33. The number of rotatable bonds is 9. The van der Waals surface area contributed by atoms with Crippen LogP contribution in [0.1, 0.15) is 46.2 Å². The smallest absolute Gasteiger partial charge is 0.408 e. The molecule has 0 aliphatic rings. The molecule has 0 aromatic heterocycles. The van der Waals surface area contributed by atoms with Gasteiger partial charge in [-0.3, -0.25) is 0 Å². The molecule has 0 fully saturated rings. The Labute approximate surface area is 154 Å². The SMILES string of the molecule is CCOC(C)CO[C@@H](C(=O)O)[C@@H](NC(=O)OC(C)(C)C)c1ccccc1. The van der Waals surface area contributed by atoms with Gasteiger partial charge >= 0.3 is 12.1 Å². The van der Waals surface area contributed by atoms with Crippen LogP contribution < -0.4 is 5.32 Å². The van der Waals surface area contributed by atoms with Crippen LogP contribution >= 0.6 is 0 Å². The van der Waals surface area contributed by atoms with Crippen LogP contribution in [-0.2, 0) is 19.0 Å². The molecule has 1 rings (SSSR count). The van der Waals surface area contributed by atoms with Crippen molar-refractivity contribution in [1.82, 2.24) is 5.32 Å². The molecule has 26 heavy (non-hydrogen) atoms. The maximum atomic E-state index is 12.2. The summed E-state index contributed by atoms with van der Waals surface area (Å²) in [4.78, 5) is 24.0. The second-order valence-electron chi connectivity index (χ2n) is 6.89. The third-order valence-corrected chi connectivity index (χ3v) is 3.34. The van der Waals surface area contributed by atoms with Crippen molar-refractivity contribution >= 4 is 12.1 Å². The number of alkyl carbamates (subject to hydrolysis) is 1. The van der Waals surface area contributed by atoms with Crippen molar-refractivity contribution < 1.29 is 28.9 Å². The second kappa shape index (κ2) is 10.1. The fraction of sp³-hybridized carbons (Fsp3) is 0.579. The average Bonchev–Trinajstić information content (AvgIpc) is 2.53. The van der Waals surface area contributed by atoms with Crippen LogP contribution in [0.4, 0.5) is 4.79 Å². The molecule has 0 radical (unpaired) electrons. The van der Waals surface area contributed by atoms with Crippen LogP contribution in [0.5, 0.6) is 0 Å². The van der Waals surface area contributed by atoms with E-state index >= 15 is 0 Å². The van der Waals surface area contributed by atoms with Crippen molar-refractivity contribution in [3.05, 3.63) is 35.9 Å². The van der Waals surface area contributed by atoms with E-state index in [2.05, 4.69) is 5.32 Å². The van der Waals surface area contributed by atoms with Crippen molar-refractivity contribution in [2.24, 2.45) is 0 Å². The fourth-order valence-corrected chi connectivity index (χ4v) is 2.31. The fourth-order valence-electron chi connectivity index (χ4n) is 2.31. The van der Waals surface area contributed by atoms with Gasteiger partial charge in [0.25, 0.3) is 0 Å². The topological polar surface area (TPSA) is 94.1 Å². The Balaban J connectivity index is 2.99. The summed E-state index contributed by atoms with van der Waals surface area (Å²) in [5.74, 6) is -1.18. The van der Waals surface area contributed by atoms with E-state index in [1.54, 1.807) is 52.0 Å². The number of benzene rings is 1. The van der Waals surface area contributed by atoms with E-state index in [9.17, 15) is 14.7 Å². The van der Waals surface area contributed by atoms with Crippen LogP contribution in [0.15, 0.2) is 30.3 Å². The van der Waals surface area contributed by atoms with E-state index in [0.717, 1.165) is 0 Å². The highest BCUT2D eigenvalue weighted by atomic mass is 16.6. The lowest BCUT2D eigenvalue weighted by molar-refractivity contribution is -0.155. The van der Waals surface area contributed by atoms with Crippen LogP contribution in [0, 0.1) is 0 Å². The molecule has 0 bridgehead atoms. The van der Waals surface area contributed by atoms with Crippen molar-refractivity contribution in [3.8, 4) is 0 Å². The minimum absolute atomic E-state index is 0.0874. The van der Waals surface area contributed by atoms with Crippen molar-refractivity contribution in [3.63, 3.8) is 0 Å². The number of hydrogen-bond acceptors (Lipinski definition) is 5. The molecular weight excluding hydrogens is 338 g/mol. The summed E-state index contributed by atoms with van der Waals surface area (Å²) in [5.41, 5.74) is -0.0937. The number of carbonyl (C=O) groups excluding carboxylic acids is 1. The van der Waals surface area contributed by atoms with Gasteiger partial charge in [-0.1, -0.05) is 30.3 Å². The molecule has 1 unspecified atom stereocenters. The molecule has 3 atom stereocenters. The van der Waals surface area contributed by atoms with Gasteiger partial charge in [0.15, 0.2) is 6.10 Å². The molecule has 0 heterocycles. The van der Waals surface area contributed by atoms with E-state index in [-0.39, 0.29) is 12.7 Å². The summed E-state index contributed by atoms with van der Waals surface area (Å²) < 4.78 is 16.2. The number of carbonyl (C=O) groups is 2. The lowest BCUT2D eigenvalue weighted by Gasteiger charge is -2.28. The van der Waals surface area contributed by atoms with E-state index in [4.69, 9.17) is 14.2 Å². The summed E-state index contributed by atoms with van der Waals surface area (Å²) in [6.45, 7) is 9.44. The van der Waals surface area contributed by atoms with Gasteiger partial charge in [0, 0.05) is 6.61 Å². The maximum absolute atomic E-state index is 12.2. The van der Waals surface area contributed by atoms with Crippen molar-refractivity contribution in [2.75, 3.05) is 13.2 Å². The molecule has 0 spiro atoms. The normalized spacial score (nSPS) is 15.0. The zero-order valence-corrected chi connectivity index (χ0v) is 16.0. The van der Waals surface area contributed by atoms with Gasteiger partial charge in [-0.15, -0.1) is 0 Å². The number of aliphatic carboxylic acids is 1. The van der Waals surface area contributed by atoms with Gasteiger partial charge in [0.1, 0.15) is 5.60 Å². The monoisotopic (exact) mass is 367 g/mol. The van der Waals surface area contributed by atoms with Gasteiger partial charge in [0.05, 0.1) is 18.8 Å². The molecule has 2 N–H and O–H groups in total. The lowest BCUT2D eigenvalue weighted by atomic mass is 10.0. The number of carboxylic acids is 1. The highest BCUT2D eigenvalue weighted by molar-refractivity contribution is 5.76. The predicted octanol–water partition coefficient (Wildman–Crippen LogP) is 3.15. The summed E-state index contributed by atoms with van der Waals surface area (Å²) in [5, 5.41) is 12.3. The molecule has 0 saturated carbocycles. The molecular formula is C19H29NO6. The first-order valence-electron chi connectivity index (χ1n) is 8.64. The first kappa shape index (κ1) is 21.9. The molecule has 7 nitrogen and oxygen atoms in total. The Morgan fingerprint density at radius 3 is 2.27 bits per heavy atom. The number of carboxylic acid groups (broad SMARTS) is 1. The highest BCUT2D eigenvalue weighted by Crippen LogP contribution is 2.21. The second-order valence-corrected chi connectivity index (χ2v) is 6.89. The zero-order valence-electron chi connectivity index (χ0n) is 16.0. The van der Waals surface area contributed by atoms with Crippen LogP contribution in [0.3, 0.4) is 0 Å². The number of nitrogens with one attached hydrogen (secondary N) is 1. The summed E-state index contributed by atoms with van der Waals surface area (Å²) >= 11 is 0. The Morgan fingerprint density at radius 2 is 1.77 bits per heavy atom. The molecule has 1 amide bonds. The number of hydrogen-bond donors (Lipinski definition) is 2. The Kier molecular flexibility index (Phi) is 8.54. The average molecular weight is 367 g/mol. The van der Waals surface area contributed by atoms with Crippen molar-refractivity contribution in [2.45, 2.75) is 58.5 Å². The summed E-state index contributed by atoms with van der Waals surface area (Å²) in [6, 6.07) is 7.89. The first-order valence-corrected chi connectivity index (χ1v) is 8.64. The Hall–Kier alpha value is -2.12. The molecule has 1 aromatic carbocycles. The van der Waals surface area contributed by atoms with Gasteiger partial charge < -0.3 is 24.6 Å². The number of ether oxygens (including phenoxy) is 3. The quantitative estimate of drug-likeness (QED) is 0.696. The Morgan fingerprint density at radius 1 is 1.15 bits per heavy atom. The lowest BCUT2D eigenvalue weighted by Crippen LogP contribution is -2.44. The standard InChI is InChI=1S/C19H29NO6/c1-6-24-13(2)12-25-16(17(21)22)15(14-10-8-7-9-11-14)20-18(23)26-19(3,4)5/h7-11,13,15-16H,6,12H2,1-5H3,(H,20,23)(H,21,22)/t13?,15-,16+/m0/s1. The van der Waals surface area contributed by atoms with E-state index < -0.39 is 29.8 Å². The van der Waals surface area contributed by atoms with Crippen molar-refractivity contribution in [1.29, 1.82) is 0 Å². The van der Waals surface area contributed by atoms with Gasteiger partial charge in [-0.05, 0) is 40.2 Å². The van der Waals surface area contributed by atoms with Gasteiger partial charge in [-0.2, -0.15) is 0 Å². The Bertz CT molecular complexity index is 569. The molecule has 7 heteroatoms. The van der Waals surface area contributed by atoms with Gasteiger partial charge in [0.2, 0.25) is 0 Å². The summed E-state index contributed by atoms with van der Waals surface area (Å²) in [6.07, 6.45) is -2.26.